The van der Waals surface area contributed by atoms with E-state index >= 15 is 0 Å². The molecule has 0 saturated heterocycles. The second kappa shape index (κ2) is 7.93. The van der Waals surface area contributed by atoms with E-state index in [4.69, 9.17) is 0 Å². The van der Waals surface area contributed by atoms with Crippen LogP contribution in [0.1, 0.15) is 45.2 Å². The van der Waals surface area contributed by atoms with Crippen molar-refractivity contribution in [3.8, 4) is 11.3 Å². The Kier molecular flexibility index (Phi) is 5.94. The van der Waals surface area contributed by atoms with Crippen LogP contribution in [0.2, 0.25) is 0 Å². The predicted molar refractivity (Wildman–Crippen MR) is 94.7 cm³/mol. The first-order valence-electron chi connectivity index (χ1n) is 8.41. The summed E-state index contributed by atoms with van der Waals surface area (Å²) in [5.41, 5.74) is 3.96. The SMILES string of the molecule is CCC=CC(C)C(CC)[n+]1ccccc1-c1ccccc1C. The lowest BCUT2D eigenvalue weighted by Crippen LogP contribution is -2.44. The zero-order valence-corrected chi connectivity index (χ0v) is 14.3. The van der Waals surface area contributed by atoms with Gasteiger partial charge in [0, 0.05) is 30.0 Å². The van der Waals surface area contributed by atoms with E-state index in [0.29, 0.717) is 12.0 Å². The summed E-state index contributed by atoms with van der Waals surface area (Å²) in [5.74, 6) is 0.528. The van der Waals surface area contributed by atoms with Crippen molar-refractivity contribution in [2.75, 3.05) is 0 Å². The van der Waals surface area contributed by atoms with Crippen LogP contribution in [0, 0.1) is 12.8 Å². The molecule has 0 bridgehead atoms. The Bertz CT molecular complexity index is 627. The third-order valence-electron chi connectivity index (χ3n) is 4.37. The molecular weight excluding hydrogens is 266 g/mol. The van der Waals surface area contributed by atoms with Crippen LogP contribution in [-0.4, -0.2) is 0 Å². The monoisotopic (exact) mass is 294 g/mol. The Morgan fingerprint density at radius 2 is 1.77 bits per heavy atom. The van der Waals surface area contributed by atoms with Gasteiger partial charge in [-0.15, -0.1) is 0 Å². The van der Waals surface area contributed by atoms with Gasteiger partial charge in [0.15, 0.2) is 12.2 Å². The molecule has 0 N–H and O–H groups in total. The van der Waals surface area contributed by atoms with Gasteiger partial charge in [-0.05, 0) is 31.0 Å². The van der Waals surface area contributed by atoms with Gasteiger partial charge < -0.3 is 0 Å². The summed E-state index contributed by atoms with van der Waals surface area (Å²) >= 11 is 0. The van der Waals surface area contributed by atoms with Gasteiger partial charge in [0.25, 0.3) is 0 Å². The molecule has 0 fully saturated rings. The standard InChI is InChI=1S/C21H28N/c1-5-7-12-18(4)20(6-2)22-16-11-10-15-21(22)19-14-9-8-13-17(19)3/h7-16,18,20H,5-6H2,1-4H3/q+1. The smallest absolute Gasteiger partial charge is 0.195 e. The summed E-state index contributed by atoms with van der Waals surface area (Å²) in [7, 11) is 0. The first kappa shape index (κ1) is 16.5. The third-order valence-corrected chi connectivity index (χ3v) is 4.37. The van der Waals surface area contributed by atoms with Crippen molar-refractivity contribution in [1.82, 2.24) is 0 Å². The molecule has 1 heteroatoms. The van der Waals surface area contributed by atoms with Gasteiger partial charge in [0.2, 0.25) is 5.69 Å². The zero-order chi connectivity index (χ0) is 15.9. The largest absolute Gasteiger partial charge is 0.212 e. The number of rotatable bonds is 6. The molecule has 1 aromatic heterocycles. The minimum absolute atomic E-state index is 0.485. The molecule has 22 heavy (non-hydrogen) atoms. The molecule has 116 valence electrons. The van der Waals surface area contributed by atoms with E-state index in [1.807, 2.05) is 0 Å². The summed E-state index contributed by atoms with van der Waals surface area (Å²) in [5, 5.41) is 0. The van der Waals surface area contributed by atoms with E-state index in [9.17, 15) is 0 Å². The van der Waals surface area contributed by atoms with Gasteiger partial charge in [-0.25, -0.2) is 0 Å². The van der Waals surface area contributed by atoms with E-state index in [1.165, 1.54) is 16.8 Å². The van der Waals surface area contributed by atoms with Crippen LogP contribution >= 0.6 is 0 Å². The van der Waals surface area contributed by atoms with Crippen molar-refractivity contribution >= 4 is 0 Å². The maximum atomic E-state index is 2.45. The first-order valence-corrected chi connectivity index (χ1v) is 8.41. The Labute approximate surface area is 135 Å². The highest BCUT2D eigenvalue weighted by atomic mass is 15.0. The van der Waals surface area contributed by atoms with Gasteiger partial charge in [0.1, 0.15) is 0 Å². The van der Waals surface area contributed by atoms with Crippen molar-refractivity contribution in [2.24, 2.45) is 5.92 Å². The number of aryl methyl sites for hydroxylation is 1. The van der Waals surface area contributed by atoms with Gasteiger partial charge in [0.05, 0.1) is 0 Å². The number of hydrogen-bond donors (Lipinski definition) is 0. The molecule has 2 atom stereocenters. The van der Waals surface area contributed by atoms with Crippen molar-refractivity contribution in [3.63, 3.8) is 0 Å². The highest BCUT2D eigenvalue weighted by molar-refractivity contribution is 5.60. The van der Waals surface area contributed by atoms with Crippen molar-refractivity contribution in [2.45, 2.75) is 46.6 Å². The molecule has 0 amide bonds. The maximum Gasteiger partial charge on any atom is 0.212 e. The lowest BCUT2D eigenvalue weighted by molar-refractivity contribution is -0.718. The maximum absolute atomic E-state index is 2.45. The van der Waals surface area contributed by atoms with E-state index in [2.05, 4.69) is 93.1 Å². The lowest BCUT2D eigenvalue weighted by Gasteiger charge is -2.18. The van der Waals surface area contributed by atoms with Crippen molar-refractivity contribution in [3.05, 3.63) is 66.4 Å². The minimum Gasteiger partial charge on any atom is -0.195 e. The number of nitrogens with zero attached hydrogens (tertiary/aromatic N) is 1. The highest BCUT2D eigenvalue weighted by Gasteiger charge is 2.26. The topological polar surface area (TPSA) is 3.88 Å². The second-order valence-corrected chi connectivity index (χ2v) is 5.98. The fraction of sp³-hybridized carbons (Fsp3) is 0.381. The number of benzene rings is 1. The number of hydrogen-bond acceptors (Lipinski definition) is 0. The number of pyridine rings is 1. The molecule has 0 saturated carbocycles. The zero-order valence-electron chi connectivity index (χ0n) is 14.3. The van der Waals surface area contributed by atoms with Crippen LogP contribution in [0.25, 0.3) is 11.3 Å². The quantitative estimate of drug-likeness (QED) is 0.489. The molecule has 0 radical (unpaired) electrons. The Morgan fingerprint density at radius 1 is 1.05 bits per heavy atom. The third kappa shape index (κ3) is 3.65. The molecule has 0 aliphatic rings. The second-order valence-electron chi connectivity index (χ2n) is 5.98. The normalized spacial score (nSPS) is 14.2. The molecular formula is C21H28N+. The first-order chi connectivity index (χ1) is 10.7. The number of aromatic nitrogens is 1. The molecule has 1 aromatic carbocycles. The summed E-state index contributed by atoms with van der Waals surface area (Å²) in [6, 6.07) is 15.6. The average molecular weight is 294 g/mol. The fourth-order valence-electron chi connectivity index (χ4n) is 3.13. The van der Waals surface area contributed by atoms with Gasteiger partial charge >= 0.3 is 0 Å². The van der Waals surface area contributed by atoms with Crippen LogP contribution in [0.3, 0.4) is 0 Å². The van der Waals surface area contributed by atoms with Gasteiger partial charge in [-0.2, -0.15) is 4.57 Å². The van der Waals surface area contributed by atoms with Crippen molar-refractivity contribution < 1.29 is 4.57 Å². The lowest BCUT2D eigenvalue weighted by atomic mass is 9.96. The molecule has 2 unspecified atom stereocenters. The highest BCUT2D eigenvalue weighted by Crippen LogP contribution is 2.24. The molecule has 0 aliphatic heterocycles. The van der Waals surface area contributed by atoms with Gasteiger partial charge in [-0.3, -0.25) is 0 Å². The van der Waals surface area contributed by atoms with Crippen LogP contribution in [0.5, 0.6) is 0 Å². The van der Waals surface area contributed by atoms with E-state index < -0.39 is 0 Å². The Hall–Kier alpha value is -1.89. The van der Waals surface area contributed by atoms with Gasteiger partial charge in [-0.1, -0.05) is 51.1 Å². The summed E-state index contributed by atoms with van der Waals surface area (Å²) in [6.45, 7) is 8.98. The summed E-state index contributed by atoms with van der Waals surface area (Å²) in [4.78, 5) is 0. The van der Waals surface area contributed by atoms with Crippen molar-refractivity contribution in [1.29, 1.82) is 0 Å². The Morgan fingerprint density at radius 3 is 2.45 bits per heavy atom. The minimum atomic E-state index is 0.485. The average Bonchev–Trinajstić information content (AvgIpc) is 2.55. The molecule has 2 rings (SSSR count). The van der Waals surface area contributed by atoms with Crippen LogP contribution in [-0.2, 0) is 0 Å². The predicted octanol–water partition coefficient (Wildman–Crippen LogP) is 5.50. The molecule has 0 spiro atoms. The summed E-state index contributed by atoms with van der Waals surface area (Å²) < 4.78 is 2.45. The molecule has 2 aromatic rings. The van der Waals surface area contributed by atoms with E-state index in [1.54, 1.807) is 0 Å². The molecule has 1 heterocycles. The van der Waals surface area contributed by atoms with E-state index in [0.717, 1.165) is 12.8 Å². The molecule has 0 aliphatic carbocycles. The van der Waals surface area contributed by atoms with Crippen LogP contribution < -0.4 is 4.57 Å². The number of allylic oxidation sites excluding steroid dienone is 2. The van der Waals surface area contributed by atoms with Crippen LogP contribution in [0.15, 0.2) is 60.8 Å². The fourth-order valence-corrected chi connectivity index (χ4v) is 3.13. The Balaban J connectivity index is 2.47. The summed E-state index contributed by atoms with van der Waals surface area (Å²) in [6.07, 6.45) is 9.10. The van der Waals surface area contributed by atoms with Crippen LogP contribution in [0.4, 0.5) is 0 Å². The van der Waals surface area contributed by atoms with E-state index in [-0.39, 0.29) is 0 Å². The molecule has 1 nitrogen and oxygen atoms in total.